The summed E-state index contributed by atoms with van der Waals surface area (Å²) in [5, 5.41) is 6.07. The number of carbonyl (C=O) groups is 2. The normalized spacial score (nSPS) is 19.0. The molecule has 0 aromatic heterocycles. The van der Waals surface area contributed by atoms with Gasteiger partial charge in [-0.3, -0.25) is 4.79 Å². The van der Waals surface area contributed by atoms with E-state index < -0.39 is 12.0 Å². The molecule has 1 aromatic carbocycles. The summed E-state index contributed by atoms with van der Waals surface area (Å²) in [6, 6.07) is 9.19. The van der Waals surface area contributed by atoms with Crippen molar-refractivity contribution in [2.24, 2.45) is 0 Å². The number of carbonyl (C=O) groups excluding carboxylic acids is 2. The van der Waals surface area contributed by atoms with E-state index in [2.05, 4.69) is 10.6 Å². The van der Waals surface area contributed by atoms with Gasteiger partial charge in [0.15, 0.2) is 0 Å². The number of ether oxygens (including phenoxy) is 1. The van der Waals surface area contributed by atoms with E-state index >= 15 is 0 Å². The van der Waals surface area contributed by atoms with Crippen molar-refractivity contribution in [2.45, 2.75) is 37.8 Å². The van der Waals surface area contributed by atoms with Crippen LogP contribution in [0.15, 0.2) is 30.3 Å². The van der Waals surface area contributed by atoms with Gasteiger partial charge in [-0.2, -0.15) is 0 Å². The first kappa shape index (κ1) is 15.5. The second-order valence-corrected chi connectivity index (χ2v) is 5.33. The predicted octanol–water partition coefficient (Wildman–Crippen LogP) is 1.03. The molecular formula is C16H22N2O3. The van der Waals surface area contributed by atoms with E-state index in [9.17, 15) is 9.59 Å². The Hall–Kier alpha value is -1.88. The second-order valence-electron chi connectivity index (χ2n) is 5.33. The number of nitrogens with one attached hydrogen (secondary N) is 2. The van der Waals surface area contributed by atoms with Crippen molar-refractivity contribution in [3.8, 4) is 0 Å². The van der Waals surface area contributed by atoms with E-state index in [0.29, 0.717) is 12.8 Å². The summed E-state index contributed by atoms with van der Waals surface area (Å²) >= 11 is 0. The molecule has 0 saturated carbocycles. The minimum atomic E-state index is -0.633. The fourth-order valence-corrected chi connectivity index (χ4v) is 2.59. The van der Waals surface area contributed by atoms with Gasteiger partial charge in [-0.1, -0.05) is 30.3 Å². The zero-order chi connectivity index (χ0) is 15.1. The highest BCUT2D eigenvalue weighted by Gasteiger charge is 2.24. The molecule has 0 spiro atoms. The fraction of sp³-hybridized carbons (Fsp3) is 0.500. The first-order valence-corrected chi connectivity index (χ1v) is 7.33. The van der Waals surface area contributed by atoms with Crippen LogP contribution in [0.3, 0.4) is 0 Å². The molecule has 1 aliphatic heterocycles. The molecular weight excluding hydrogens is 268 g/mol. The molecule has 5 nitrogen and oxygen atoms in total. The van der Waals surface area contributed by atoms with Gasteiger partial charge in [0.1, 0.15) is 6.04 Å². The Labute approximate surface area is 125 Å². The van der Waals surface area contributed by atoms with Crippen LogP contribution >= 0.6 is 0 Å². The molecule has 1 heterocycles. The lowest BCUT2D eigenvalue weighted by molar-refractivity contribution is -0.145. The molecule has 1 saturated heterocycles. The standard InChI is InChI=1S/C16H22N2O3/c1-21-16(20)14(10-12-6-3-2-4-7-12)18-15(19)11-13-8-5-9-17-13/h2-4,6-7,13-14,17H,5,8-11H2,1H3,(H,18,19)/t13-,14+/m1/s1. The van der Waals surface area contributed by atoms with Crippen LogP contribution in [0.2, 0.25) is 0 Å². The Kier molecular flexibility index (Phi) is 5.75. The molecule has 0 unspecified atom stereocenters. The number of amides is 1. The van der Waals surface area contributed by atoms with E-state index in [-0.39, 0.29) is 11.9 Å². The van der Waals surface area contributed by atoms with E-state index in [1.807, 2.05) is 30.3 Å². The highest BCUT2D eigenvalue weighted by molar-refractivity contribution is 5.84. The van der Waals surface area contributed by atoms with Crippen molar-refractivity contribution < 1.29 is 14.3 Å². The molecule has 0 aliphatic carbocycles. The van der Waals surface area contributed by atoms with Crippen LogP contribution in [0, 0.1) is 0 Å². The second kappa shape index (κ2) is 7.78. The lowest BCUT2D eigenvalue weighted by atomic mass is 10.1. The molecule has 114 valence electrons. The van der Waals surface area contributed by atoms with Crippen molar-refractivity contribution in [1.29, 1.82) is 0 Å². The van der Waals surface area contributed by atoms with E-state index in [1.54, 1.807) is 0 Å². The summed E-state index contributed by atoms with van der Waals surface area (Å²) in [7, 11) is 1.34. The van der Waals surface area contributed by atoms with Crippen molar-refractivity contribution in [3.63, 3.8) is 0 Å². The number of hydrogen-bond donors (Lipinski definition) is 2. The van der Waals surface area contributed by atoms with Gasteiger partial charge in [-0.05, 0) is 24.9 Å². The third-order valence-electron chi connectivity index (χ3n) is 3.70. The molecule has 2 rings (SSSR count). The first-order valence-electron chi connectivity index (χ1n) is 7.33. The summed E-state index contributed by atoms with van der Waals surface area (Å²) in [6.45, 7) is 0.961. The number of benzene rings is 1. The molecule has 21 heavy (non-hydrogen) atoms. The Morgan fingerprint density at radius 3 is 2.76 bits per heavy atom. The van der Waals surface area contributed by atoms with E-state index in [4.69, 9.17) is 4.74 Å². The molecule has 0 radical (unpaired) electrons. The van der Waals surface area contributed by atoms with Gasteiger partial charge in [0.25, 0.3) is 0 Å². The largest absolute Gasteiger partial charge is 0.467 e. The van der Waals surface area contributed by atoms with Crippen molar-refractivity contribution >= 4 is 11.9 Å². The summed E-state index contributed by atoms with van der Waals surface area (Å²) in [5.74, 6) is -0.521. The summed E-state index contributed by atoms with van der Waals surface area (Å²) < 4.78 is 4.79. The van der Waals surface area contributed by atoms with Crippen molar-refractivity contribution in [3.05, 3.63) is 35.9 Å². The molecule has 2 N–H and O–H groups in total. The maximum absolute atomic E-state index is 12.1. The molecule has 1 aliphatic rings. The third kappa shape index (κ3) is 4.86. The van der Waals surface area contributed by atoms with E-state index in [1.165, 1.54) is 7.11 Å². The maximum Gasteiger partial charge on any atom is 0.328 e. The van der Waals surface area contributed by atoms with Crippen LogP contribution in [0.5, 0.6) is 0 Å². The van der Waals surface area contributed by atoms with Crippen LogP contribution in [0.1, 0.15) is 24.8 Å². The van der Waals surface area contributed by atoms with Crippen LogP contribution in [-0.2, 0) is 20.7 Å². The van der Waals surface area contributed by atoms with Gasteiger partial charge in [0.2, 0.25) is 5.91 Å². The van der Waals surface area contributed by atoms with Crippen LogP contribution in [0.4, 0.5) is 0 Å². The summed E-state index contributed by atoms with van der Waals surface area (Å²) in [5.41, 5.74) is 0.993. The van der Waals surface area contributed by atoms with Gasteiger partial charge in [0, 0.05) is 18.9 Å². The predicted molar refractivity (Wildman–Crippen MR) is 79.7 cm³/mol. The molecule has 1 fully saturated rings. The Morgan fingerprint density at radius 2 is 2.14 bits per heavy atom. The summed E-state index contributed by atoms with van der Waals surface area (Å²) in [6.07, 6.45) is 2.96. The zero-order valence-electron chi connectivity index (χ0n) is 12.3. The molecule has 5 heteroatoms. The smallest absolute Gasteiger partial charge is 0.328 e. The Bertz CT molecular complexity index is 470. The Morgan fingerprint density at radius 1 is 1.38 bits per heavy atom. The van der Waals surface area contributed by atoms with Gasteiger partial charge >= 0.3 is 5.97 Å². The number of methoxy groups -OCH3 is 1. The third-order valence-corrected chi connectivity index (χ3v) is 3.70. The number of rotatable bonds is 6. The maximum atomic E-state index is 12.1. The number of esters is 1. The van der Waals surface area contributed by atoms with Crippen LogP contribution < -0.4 is 10.6 Å². The molecule has 2 atom stereocenters. The topological polar surface area (TPSA) is 67.4 Å². The average molecular weight is 290 g/mol. The molecule has 1 amide bonds. The van der Waals surface area contributed by atoms with Crippen molar-refractivity contribution in [1.82, 2.24) is 10.6 Å². The zero-order valence-corrected chi connectivity index (χ0v) is 12.3. The minimum absolute atomic E-state index is 0.110. The lowest BCUT2D eigenvalue weighted by Crippen LogP contribution is -2.44. The quantitative estimate of drug-likeness (QED) is 0.768. The monoisotopic (exact) mass is 290 g/mol. The van der Waals surface area contributed by atoms with Gasteiger partial charge in [-0.15, -0.1) is 0 Å². The minimum Gasteiger partial charge on any atom is -0.467 e. The highest BCUT2D eigenvalue weighted by atomic mass is 16.5. The molecule has 0 bridgehead atoms. The van der Waals surface area contributed by atoms with Crippen molar-refractivity contribution in [2.75, 3.05) is 13.7 Å². The summed E-state index contributed by atoms with van der Waals surface area (Å²) in [4.78, 5) is 23.9. The van der Waals surface area contributed by atoms with E-state index in [0.717, 1.165) is 24.9 Å². The number of hydrogen-bond acceptors (Lipinski definition) is 4. The Balaban J connectivity index is 1.92. The van der Waals surface area contributed by atoms with Gasteiger partial charge in [0.05, 0.1) is 7.11 Å². The first-order chi connectivity index (χ1) is 10.2. The van der Waals surface area contributed by atoms with Crippen LogP contribution in [0.25, 0.3) is 0 Å². The SMILES string of the molecule is COC(=O)[C@H](Cc1ccccc1)NC(=O)C[C@H]1CCCN1. The van der Waals surface area contributed by atoms with Gasteiger partial charge < -0.3 is 15.4 Å². The van der Waals surface area contributed by atoms with Crippen LogP contribution in [-0.4, -0.2) is 37.6 Å². The average Bonchev–Trinajstić information content (AvgIpc) is 2.99. The molecule has 1 aromatic rings. The lowest BCUT2D eigenvalue weighted by Gasteiger charge is -2.18. The highest BCUT2D eigenvalue weighted by Crippen LogP contribution is 2.09. The van der Waals surface area contributed by atoms with Gasteiger partial charge in [-0.25, -0.2) is 4.79 Å². The fourth-order valence-electron chi connectivity index (χ4n) is 2.59.